The van der Waals surface area contributed by atoms with Gasteiger partial charge in [-0.3, -0.25) is 14.3 Å². The molecular weight excluding hydrogens is 390 g/mol. The molecule has 0 saturated heterocycles. The van der Waals surface area contributed by atoms with E-state index in [2.05, 4.69) is 39.0 Å². The summed E-state index contributed by atoms with van der Waals surface area (Å²) in [6.45, 7) is 8.84. The van der Waals surface area contributed by atoms with Crippen molar-refractivity contribution in [3.63, 3.8) is 0 Å². The Balaban J connectivity index is 1.64. The van der Waals surface area contributed by atoms with E-state index in [1.807, 2.05) is 43.8 Å². The molecule has 31 heavy (non-hydrogen) atoms. The zero-order chi connectivity index (χ0) is 22.1. The molecule has 1 amide bonds. The van der Waals surface area contributed by atoms with E-state index < -0.39 is 0 Å². The van der Waals surface area contributed by atoms with E-state index in [0.29, 0.717) is 11.1 Å². The van der Waals surface area contributed by atoms with E-state index in [1.165, 1.54) is 5.69 Å². The molecule has 3 aromatic rings. The Kier molecular flexibility index (Phi) is 5.67. The number of fused-ring (bicyclic) bond motifs is 1. The average Bonchev–Trinajstić information content (AvgIpc) is 3.31. The summed E-state index contributed by atoms with van der Waals surface area (Å²) in [4.78, 5) is 28.4. The topological polar surface area (TPSA) is 84.7 Å². The highest BCUT2D eigenvalue weighted by Crippen LogP contribution is 2.32. The lowest BCUT2D eigenvalue weighted by molar-refractivity contribution is 0.0949. The highest BCUT2D eigenvalue weighted by molar-refractivity contribution is 6.00. The van der Waals surface area contributed by atoms with Crippen molar-refractivity contribution in [2.75, 3.05) is 0 Å². The maximum atomic E-state index is 13.3. The third-order valence-electron chi connectivity index (χ3n) is 6.02. The number of amides is 1. The van der Waals surface area contributed by atoms with Crippen LogP contribution in [0.4, 0.5) is 0 Å². The number of carbonyl (C=O) groups is 1. The lowest BCUT2D eigenvalue weighted by atomic mass is 10.00. The molecule has 0 radical (unpaired) electrons. The van der Waals surface area contributed by atoms with Gasteiger partial charge in [0.2, 0.25) is 0 Å². The number of rotatable bonds is 6. The van der Waals surface area contributed by atoms with Crippen molar-refractivity contribution in [1.82, 2.24) is 24.6 Å². The predicted molar refractivity (Wildman–Crippen MR) is 121 cm³/mol. The maximum absolute atomic E-state index is 13.3. The fourth-order valence-corrected chi connectivity index (χ4v) is 4.65. The lowest BCUT2D eigenvalue weighted by Crippen LogP contribution is -2.28. The monoisotopic (exact) mass is 419 g/mol. The quantitative estimate of drug-likeness (QED) is 0.642. The number of nitrogens with zero attached hydrogens (tertiary/aromatic N) is 3. The Morgan fingerprint density at radius 1 is 1.32 bits per heavy atom. The van der Waals surface area contributed by atoms with Crippen LogP contribution in [0.3, 0.4) is 0 Å². The summed E-state index contributed by atoms with van der Waals surface area (Å²) in [7, 11) is 0. The third-order valence-corrected chi connectivity index (χ3v) is 6.02. The standard InChI is InChI=1S/C24H29N5O2/c1-15-12-16(2)27-23(30)20(15)13-25-24(31)22-18(4)29(21-9-6-5-8-19(21)22)17(3)14-28-11-7-10-26-28/h5,7-8,10-12,17H,6,9,13-14H2,1-4H3,(H,25,31)(H,27,30). The number of aromatic amines is 1. The van der Waals surface area contributed by atoms with E-state index in [0.717, 1.165) is 41.9 Å². The molecular formula is C24H29N5O2. The number of pyridine rings is 1. The van der Waals surface area contributed by atoms with Crippen LogP contribution in [0.1, 0.15) is 63.5 Å². The fraction of sp³-hybridized carbons (Fsp3) is 0.375. The SMILES string of the molecule is Cc1cc(C)c(CNC(=O)c2c3c(n(C(C)Cn4cccn4)c2C)CCC=C3)c(=O)[nH]1. The number of aromatic nitrogens is 4. The highest BCUT2D eigenvalue weighted by Gasteiger charge is 2.27. The number of H-pyrrole nitrogens is 1. The van der Waals surface area contributed by atoms with Gasteiger partial charge in [-0.25, -0.2) is 0 Å². The molecule has 2 N–H and O–H groups in total. The summed E-state index contributed by atoms with van der Waals surface area (Å²) in [5.41, 5.74) is 5.95. The van der Waals surface area contributed by atoms with E-state index in [4.69, 9.17) is 0 Å². The Hall–Kier alpha value is -3.35. The summed E-state index contributed by atoms with van der Waals surface area (Å²) in [6.07, 6.45) is 9.78. The minimum Gasteiger partial charge on any atom is -0.348 e. The van der Waals surface area contributed by atoms with Gasteiger partial charge in [-0.2, -0.15) is 5.10 Å². The number of hydrogen-bond donors (Lipinski definition) is 2. The Morgan fingerprint density at radius 3 is 2.84 bits per heavy atom. The molecule has 0 fully saturated rings. The molecule has 0 spiro atoms. The van der Waals surface area contributed by atoms with Crippen molar-refractivity contribution in [3.8, 4) is 0 Å². The molecule has 0 saturated carbocycles. The lowest BCUT2D eigenvalue weighted by Gasteiger charge is -2.21. The molecule has 1 aliphatic rings. The molecule has 1 unspecified atom stereocenters. The van der Waals surface area contributed by atoms with Crippen LogP contribution in [-0.4, -0.2) is 25.2 Å². The summed E-state index contributed by atoms with van der Waals surface area (Å²) >= 11 is 0. The molecule has 3 heterocycles. The van der Waals surface area contributed by atoms with Gasteiger partial charge in [-0.1, -0.05) is 12.2 Å². The zero-order valence-corrected chi connectivity index (χ0v) is 18.5. The number of allylic oxidation sites excluding steroid dienone is 1. The second-order valence-electron chi connectivity index (χ2n) is 8.33. The van der Waals surface area contributed by atoms with Gasteiger partial charge in [0.1, 0.15) is 0 Å². The number of nitrogens with one attached hydrogen (secondary N) is 2. The average molecular weight is 420 g/mol. The van der Waals surface area contributed by atoms with E-state index >= 15 is 0 Å². The van der Waals surface area contributed by atoms with Crippen molar-refractivity contribution in [1.29, 1.82) is 0 Å². The second kappa shape index (κ2) is 8.41. The number of hydrogen-bond acceptors (Lipinski definition) is 3. The van der Waals surface area contributed by atoms with Gasteiger partial charge in [-0.15, -0.1) is 0 Å². The third kappa shape index (κ3) is 4.00. The molecule has 1 atom stereocenters. The molecule has 0 aliphatic heterocycles. The van der Waals surface area contributed by atoms with Crippen molar-refractivity contribution >= 4 is 12.0 Å². The Morgan fingerprint density at radius 2 is 2.13 bits per heavy atom. The van der Waals surface area contributed by atoms with Gasteiger partial charge >= 0.3 is 0 Å². The van der Waals surface area contributed by atoms with Crippen LogP contribution in [0.5, 0.6) is 0 Å². The smallest absolute Gasteiger partial charge is 0.253 e. The van der Waals surface area contributed by atoms with Gasteiger partial charge in [0, 0.05) is 47.1 Å². The minimum absolute atomic E-state index is 0.148. The first-order valence-electron chi connectivity index (χ1n) is 10.7. The number of carbonyl (C=O) groups excluding carboxylic acids is 1. The summed E-state index contributed by atoms with van der Waals surface area (Å²) in [6, 6.07) is 4.00. The van der Waals surface area contributed by atoms with Gasteiger partial charge < -0.3 is 14.9 Å². The van der Waals surface area contributed by atoms with Crippen LogP contribution in [0.15, 0.2) is 35.4 Å². The van der Waals surface area contributed by atoms with Crippen LogP contribution in [0, 0.1) is 20.8 Å². The van der Waals surface area contributed by atoms with Crippen LogP contribution >= 0.6 is 0 Å². The van der Waals surface area contributed by atoms with Gasteiger partial charge in [0.05, 0.1) is 18.2 Å². The molecule has 162 valence electrons. The molecule has 4 rings (SSSR count). The van der Waals surface area contributed by atoms with Crippen LogP contribution < -0.4 is 10.9 Å². The molecule has 0 aromatic carbocycles. The molecule has 3 aromatic heterocycles. The van der Waals surface area contributed by atoms with Crippen molar-refractivity contribution in [2.45, 2.75) is 59.7 Å². The normalized spacial score (nSPS) is 13.8. The van der Waals surface area contributed by atoms with Crippen LogP contribution in [0.25, 0.3) is 6.08 Å². The first-order valence-corrected chi connectivity index (χ1v) is 10.7. The largest absolute Gasteiger partial charge is 0.348 e. The molecule has 1 aliphatic carbocycles. The van der Waals surface area contributed by atoms with Crippen molar-refractivity contribution in [2.24, 2.45) is 0 Å². The van der Waals surface area contributed by atoms with Crippen molar-refractivity contribution in [3.05, 3.63) is 80.3 Å². The van der Waals surface area contributed by atoms with E-state index in [-0.39, 0.29) is 24.1 Å². The highest BCUT2D eigenvalue weighted by atomic mass is 16.2. The van der Waals surface area contributed by atoms with Gasteiger partial charge in [0.15, 0.2) is 0 Å². The Bertz CT molecular complexity index is 1200. The van der Waals surface area contributed by atoms with Crippen molar-refractivity contribution < 1.29 is 4.79 Å². The minimum atomic E-state index is -0.151. The molecule has 7 heteroatoms. The molecule has 0 bridgehead atoms. The van der Waals surface area contributed by atoms with Gasteiger partial charge in [-0.05, 0) is 58.2 Å². The van der Waals surface area contributed by atoms with Gasteiger partial charge in [0.25, 0.3) is 11.5 Å². The first-order chi connectivity index (χ1) is 14.9. The van der Waals surface area contributed by atoms with E-state index in [1.54, 1.807) is 6.20 Å². The Labute approximate surface area is 181 Å². The van der Waals surface area contributed by atoms with Crippen LogP contribution in [0.2, 0.25) is 0 Å². The van der Waals surface area contributed by atoms with Crippen LogP contribution in [-0.2, 0) is 19.5 Å². The predicted octanol–water partition coefficient (Wildman–Crippen LogP) is 3.45. The van der Waals surface area contributed by atoms with E-state index in [9.17, 15) is 9.59 Å². The summed E-state index contributed by atoms with van der Waals surface area (Å²) in [5.74, 6) is -0.148. The first kappa shape index (κ1) is 20.9. The second-order valence-corrected chi connectivity index (χ2v) is 8.33. The zero-order valence-electron chi connectivity index (χ0n) is 18.5. The molecule has 7 nitrogen and oxygen atoms in total. The maximum Gasteiger partial charge on any atom is 0.253 e. The summed E-state index contributed by atoms with van der Waals surface area (Å²) in [5, 5.41) is 7.31. The number of aryl methyl sites for hydroxylation is 2. The fourth-order valence-electron chi connectivity index (χ4n) is 4.65. The summed E-state index contributed by atoms with van der Waals surface area (Å²) < 4.78 is 4.20.